The van der Waals surface area contributed by atoms with Gasteiger partial charge in [-0.25, -0.2) is 0 Å². The van der Waals surface area contributed by atoms with Gasteiger partial charge in [-0.3, -0.25) is 4.99 Å². The minimum absolute atomic E-state index is 0.676. The third-order valence-corrected chi connectivity index (χ3v) is 3.75. The molecule has 0 fully saturated rings. The van der Waals surface area contributed by atoms with E-state index >= 15 is 0 Å². The minimum Gasteiger partial charge on any atom is -0.356 e. The predicted molar refractivity (Wildman–Crippen MR) is 99.0 cm³/mol. The molecule has 0 aromatic heterocycles. The average molecular weight is 320 g/mol. The number of nitrogens with one attached hydrogen (secondary N) is 2. The van der Waals surface area contributed by atoms with Gasteiger partial charge >= 0.3 is 0 Å². The molecule has 2 rings (SSSR count). The van der Waals surface area contributed by atoms with Gasteiger partial charge in [0.25, 0.3) is 0 Å². The van der Waals surface area contributed by atoms with Crippen LogP contribution in [0.25, 0.3) is 0 Å². The van der Waals surface area contributed by atoms with Crippen molar-refractivity contribution < 1.29 is 0 Å². The van der Waals surface area contributed by atoms with Crippen LogP contribution in [0.4, 0.5) is 0 Å². The van der Waals surface area contributed by atoms with Gasteiger partial charge in [0.1, 0.15) is 0 Å². The lowest BCUT2D eigenvalue weighted by molar-refractivity contribution is 0.794. The van der Waals surface area contributed by atoms with E-state index in [1.807, 2.05) is 24.3 Å². The topological polar surface area (TPSA) is 60.2 Å². The molecule has 0 radical (unpaired) electrons. The zero-order chi connectivity index (χ0) is 17.4. The number of rotatable bonds is 5. The van der Waals surface area contributed by atoms with Gasteiger partial charge in [-0.15, -0.1) is 0 Å². The van der Waals surface area contributed by atoms with Crippen molar-refractivity contribution in [3.63, 3.8) is 0 Å². The number of aryl methyl sites for hydroxylation is 2. The van der Waals surface area contributed by atoms with E-state index in [2.05, 4.69) is 53.7 Å². The fraction of sp³-hybridized carbons (Fsp3) is 0.300. The van der Waals surface area contributed by atoms with E-state index in [1.165, 1.54) is 16.7 Å². The largest absolute Gasteiger partial charge is 0.356 e. The van der Waals surface area contributed by atoms with Crippen LogP contribution < -0.4 is 10.6 Å². The van der Waals surface area contributed by atoms with Crippen LogP contribution in [0.1, 0.15) is 27.8 Å². The molecule has 0 amide bonds. The highest BCUT2D eigenvalue weighted by Gasteiger charge is 2.00. The molecule has 0 unspecified atom stereocenters. The van der Waals surface area contributed by atoms with E-state index in [0.717, 1.165) is 24.5 Å². The van der Waals surface area contributed by atoms with Crippen LogP contribution in [0, 0.1) is 25.2 Å². The molecule has 0 heterocycles. The van der Waals surface area contributed by atoms with E-state index < -0.39 is 0 Å². The first kappa shape index (κ1) is 17.6. The first-order valence-electron chi connectivity index (χ1n) is 8.11. The van der Waals surface area contributed by atoms with Crippen LogP contribution >= 0.6 is 0 Å². The zero-order valence-corrected chi connectivity index (χ0v) is 14.6. The molecule has 0 aliphatic carbocycles. The van der Waals surface area contributed by atoms with Gasteiger partial charge in [-0.2, -0.15) is 5.26 Å². The van der Waals surface area contributed by atoms with Gasteiger partial charge in [-0.1, -0.05) is 41.5 Å². The van der Waals surface area contributed by atoms with E-state index in [4.69, 9.17) is 5.26 Å². The summed E-state index contributed by atoms with van der Waals surface area (Å²) < 4.78 is 0. The third-order valence-electron chi connectivity index (χ3n) is 3.75. The molecule has 0 atom stereocenters. The summed E-state index contributed by atoms with van der Waals surface area (Å²) in [6.45, 7) is 5.76. The monoisotopic (exact) mass is 320 g/mol. The highest BCUT2D eigenvalue weighted by atomic mass is 15.2. The maximum atomic E-state index is 8.82. The SMILES string of the molecule is CN=C(NCCc1cc(C)cc(C)c1)NCc1ccc(C#N)cc1. The van der Waals surface area contributed by atoms with Crippen molar-refractivity contribution in [1.82, 2.24) is 10.6 Å². The normalized spacial score (nSPS) is 11.0. The van der Waals surface area contributed by atoms with Crippen molar-refractivity contribution in [2.75, 3.05) is 13.6 Å². The van der Waals surface area contributed by atoms with Crippen LogP contribution in [-0.4, -0.2) is 19.6 Å². The second kappa shape index (κ2) is 8.73. The quantitative estimate of drug-likeness (QED) is 0.657. The Morgan fingerprint density at radius 1 is 1.00 bits per heavy atom. The van der Waals surface area contributed by atoms with Gasteiger partial charge in [-0.05, 0) is 43.5 Å². The molecule has 2 aromatic rings. The van der Waals surface area contributed by atoms with Crippen LogP contribution in [0.15, 0.2) is 47.5 Å². The summed E-state index contributed by atoms with van der Waals surface area (Å²) in [6.07, 6.45) is 0.958. The number of hydrogen-bond donors (Lipinski definition) is 2. The maximum Gasteiger partial charge on any atom is 0.191 e. The molecule has 124 valence electrons. The summed E-state index contributed by atoms with van der Waals surface area (Å²) in [5.74, 6) is 0.781. The van der Waals surface area contributed by atoms with E-state index in [9.17, 15) is 0 Å². The van der Waals surface area contributed by atoms with Crippen molar-refractivity contribution in [1.29, 1.82) is 5.26 Å². The fourth-order valence-corrected chi connectivity index (χ4v) is 2.64. The van der Waals surface area contributed by atoms with Crippen molar-refractivity contribution in [3.05, 3.63) is 70.3 Å². The Kier molecular flexibility index (Phi) is 6.39. The Hall–Kier alpha value is -2.80. The second-order valence-corrected chi connectivity index (χ2v) is 5.91. The molecular weight excluding hydrogens is 296 g/mol. The molecule has 24 heavy (non-hydrogen) atoms. The predicted octanol–water partition coefficient (Wildman–Crippen LogP) is 3.08. The molecule has 2 aromatic carbocycles. The maximum absolute atomic E-state index is 8.82. The van der Waals surface area contributed by atoms with E-state index in [-0.39, 0.29) is 0 Å². The fourth-order valence-electron chi connectivity index (χ4n) is 2.64. The molecule has 2 N–H and O–H groups in total. The summed E-state index contributed by atoms with van der Waals surface area (Å²) in [7, 11) is 1.77. The van der Waals surface area contributed by atoms with Crippen molar-refractivity contribution >= 4 is 5.96 Å². The van der Waals surface area contributed by atoms with Crippen LogP contribution in [0.2, 0.25) is 0 Å². The van der Waals surface area contributed by atoms with Crippen molar-refractivity contribution in [2.45, 2.75) is 26.8 Å². The molecule has 0 saturated carbocycles. The van der Waals surface area contributed by atoms with Gasteiger partial charge in [0.05, 0.1) is 11.6 Å². The molecule has 4 heteroatoms. The number of nitriles is 1. The molecule has 0 aliphatic rings. The summed E-state index contributed by atoms with van der Waals surface area (Å²) in [5.41, 5.74) is 5.73. The number of hydrogen-bond acceptors (Lipinski definition) is 2. The highest BCUT2D eigenvalue weighted by Crippen LogP contribution is 2.09. The lowest BCUT2D eigenvalue weighted by Crippen LogP contribution is -2.37. The van der Waals surface area contributed by atoms with Crippen LogP contribution in [0.3, 0.4) is 0 Å². The zero-order valence-electron chi connectivity index (χ0n) is 14.6. The molecule has 4 nitrogen and oxygen atoms in total. The summed E-state index contributed by atoms with van der Waals surface area (Å²) in [4.78, 5) is 4.25. The third kappa shape index (κ3) is 5.44. The van der Waals surface area contributed by atoms with E-state index in [0.29, 0.717) is 12.1 Å². The molecule has 0 aliphatic heterocycles. The van der Waals surface area contributed by atoms with Gasteiger partial charge in [0, 0.05) is 20.1 Å². The van der Waals surface area contributed by atoms with Crippen LogP contribution in [0.5, 0.6) is 0 Å². The Bertz CT molecular complexity index is 719. The summed E-state index contributed by atoms with van der Waals surface area (Å²) >= 11 is 0. The number of benzene rings is 2. The smallest absolute Gasteiger partial charge is 0.191 e. The Morgan fingerprint density at radius 2 is 1.67 bits per heavy atom. The Balaban J connectivity index is 1.80. The number of aliphatic imine (C=N–C) groups is 1. The number of nitrogens with zero attached hydrogens (tertiary/aromatic N) is 2. The lowest BCUT2D eigenvalue weighted by Gasteiger charge is -2.12. The highest BCUT2D eigenvalue weighted by molar-refractivity contribution is 5.79. The minimum atomic E-state index is 0.676. The van der Waals surface area contributed by atoms with Crippen molar-refractivity contribution in [2.24, 2.45) is 4.99 Å². The Labute approximate surface area is 144 Å². The lowest BCUT2D eigenvalue weighted by atomic mass is 10.1. The molecule has 0 spiro atoms. The number of guanidine groups is 1. The molecule has 0 bridgehead atoms. The standard InChI is InChI=1S/C20H24N4/c1-15-10-16(2)12-19(11-15)8-9-23-20(22-3)24-14-18-6-4-17(13-21)5-7-18/h4-7,10-12H,8-9,14H2,1-3H3,(H2,22,23,24). The average Bonchev–Trinajstić information content (AvgIpc) is 2.57. The van der Waals surface area contributed by atoms with Crippen molar-refractivity contribution in [3.8, 4) is 6.07 Å². The van der Waals surface area contributed by atoms with E-state index in [1.54, 1.807) is 7.05 Å². The first-order chi connectivity index (χ1) is 11.6. The Morgan fingerprint density at radius 3 is 2.25 bits per heavy atom. The first-order valence-corrected chi connectivity index (χ1v) is 8.11. The van der Waals surface area contributed by atoms with Gasteiger partial charge < -0.3 is 10.6 Å². The molecule has 0 saturated heterocycles. The van der Waals surface area contributed by atoms with Gasteiger partial charge in [0.15, 0.2) is 5.96 Å². The summed E-state index contributed by atoms with van der Waals surface area (Å²) in [5, 5.41) is 15.4. The molecular formula is C20H24N4. The van der Waals surface area contributed by atoms with Crippen LogP contribution in [-0.2, 0) is 13.0 Å². The summed E-state index contributed by atoms with van der Waals surface area (Å²) in [6, 6.07) is 16.3. The van der Waals surface area contributed by atoms with Gasteiger partial charge in [0.2, 0.25) is 0 Å². The second-order valence-electron chi connectivity index (χ2n) is 5.91.